The van der Waals surface area contributed by atoms with E-state index in [9.17, 15) is 4.79 Å². The molecule has 1 aromatic carbocycles. The van der Waals surface area contributed by atoms with Crippen LogP contribution in [0.4, 0.5) is 0 Å². The molecule has 0 saturated heterocycles. The normalized spacial score (nSPS) is 13.7. The summed E-state index contributed by atoms with van der Waals surface area (Å²) in [5.41, 5.74) is 8.17. The molecule has 0 unspecified atom stereocenters. The Morgan fingerprint density at radius 3 is 2.96 bits per heavy atom. The topological polar surface area (TPSA) is 91.6 Å². The fourth-order valence-electron chi connectivity index (χ4n) is 3.00. The highest BCUT2D eigenvalue weighted by atomic mass is 16.1. The number of rotatable bonds is 3. The second-order valence-corrected chi connectivity index (χ2v) is 5.60. The zero-order valence-electron chi connectivity index (χ0n) is 12.5. The van der Waals surface area contributed by atoms with Gasteiger partial charge in [0.1, 0.15) is 11.5 Å². The zero-order chi connectivity index (χ0) is 15.8. The minimum Gasteiger partial charge on any atom is -0.366 e. The predicted molar refractivity (Wildman–Crippen MR) is 84.0 cm³/mol. The Balaban J connectivity index is 1.76. The van der Waals surface area contributed by atoms with Crippen molar-refractivity contribution >= 4 is 5.91 Å². The van der Waals surface area contributed by atoms with Crippen LogP contribution in [0.5, 0.6) is 0 Å². The highest BCUT2D eigenvalue weighted by Crippen LogP contribution is 2.24. The Hall–Kier alpha value is -2.96. The molecule has 0 radical (unpaired) electrons. The van der Waals surface area contributed by atoms with Gasteiger partial charge in [-0.25, -0.2) is 9.67 Å². The van der Waals surface area contributed by atoms with Crippen molar-refractivity contribution in [3.05, 3.63) is 48.0 Å². The van der Waals surface area contributed by atoms with Gasteiger partial charge in [-0.05, 0) is 25.0 Å². The fraction of sp³-hybridized carbons (Fsp3) is 0.250. The first-order chi connectivity index (χ1) is 11.2. The van der Waals surface area contributed by atoms with Gasteiger partial charge in [-0.15, -0.1) is 5.10 Å². The van der Waals surface area contributed by atoms with Crippen molar-refractivity contribution in [2.75, 3.05) is 0 Å². The molecule has 0 atom stereocenters. The molecule has 7 nitrogen and oxygen atoms in total. The number of hydrogen-bond acceptors (Lipinski definition) is 4. The van der Waals surface area contributed by atoms with Crippen LogP contribution in [-0.4, -0.2) is 30.5 Å². The summed E-state index contributed by atoms with van der Waals surface area (Å²) < 4.78 is 3.77. The molecule has 7 heteroatoms. The van der Waals surface area contributed by atoms with Gasteiger partial charge in [0.25, 0.3) is 5.91 Å². The Kier molecular flexibility index (Phi) is 3.18. The van der Waals surface area contributed by atoms with Gasteiger partial charge in [-0.1, -0.05) is 17.3 Å². The highest BCUT2D eigenvalue weighted by molar-refractivity contribution is 5.96. The monoisotopic (exact) mass is 308 g/mol. The Morgan fingerprint density at radius 2 is 2.09 bits per heavy atom. The summed E-state index contributed by atoms with van der Waals surface area (Å²) in [6.45, 7) is 0.954. The second kappa shape index (κ2) is 5.35. The molecule has 3 heterocycles. The summed E-state index contributed by atoms with van der Waals surface area (Å²) in [4.78, 5) is 16.0. The van der Waals surface area contributed by atoms with Crippen LogP contribution in [-0.2, 0) is 13.0 Å². The second-order valence-electron chi connectivity index (χ2n) is 5.60. The van der Waals surface area contributed by atoms with Gasteiger partial charge in [0.15, 0.2) is 0 Å². The molecule has 0 fully saturated rings. The van der Waals surface area contributed by atoms with Crippen LogP contribution >= 0.6 is 0 Å². The molecule has 2 N–H and O–H groups in total. The van der Waals surface area contributed by atoms with Crippen molar-refractivity contribution in [2.24, 2.45) is 5.73 Å². The average Bonchev–Trinajstić information content (AvgIpc) is 3.21. The van der Waals surface area contributed by atoms with Crippen LogP contribution in [0, 0.1) is 0 Å². The number of benzene rings is 1. The molecule has 23 heavy (non-hydrogen) atoms. The number of nitrogens with two attached hydrogens (primary N) is 1. The average molecular weight is 308 g/mol. The third-order valence-electron chi connectivity index (χ3n) is 4.14. The molecule has 0 saturated carbocycles. The quantitative estimate of drug-likeness (QED) is 0.795. The number of carbonyl (C=O) groups excluding carboxylic acids is 1. The fourth-order valence-corrected chi connectivity index (χ4v) is 3.00. The van der Waals surface area contributed by atoms with E-state index in [2.05, 4.69) is 19.9 Å². The molecule has 1 aliphatic rings. The van der Waals surface area contributed by atoms with Crippen LogP contribution in [0.2, 0.25) is 0 Å². The number of aromatic nitrogens is 5. The third kappa shape index (κ3) is 2.30. The molecular weight excluding hydrogens is 292 g/mol. The molecule has 1 amide bonds. The first-order valence-electron chi connectivity index (χ1n) is 7.60. The van der Waals surface area contributed by atoms with Gasteiger partial charge >= 0.3 is 0 Å². The molecule has 4 rings (SSSR count). The number of fused-ring (bicyclic) bond motifs is 1. The molecule has 0 spiro atoms. The van der Waals surface area contributed by atoms with Crippen LogP contribution < -0.4 is 5.73 Å². The van der Waals surface area contributed by atoms with E-state index in [1.165, 1.54) is 6.42 Å². The minimum absolute atomic E-state index is 0.416. The van der Waals surface area contributed by atoms with E-state index in [1.807, 2.05) is 12.3 Å². The smallest absolute Gasteiger partial charge is 0.250 e. The largest absolute Gasteiger partial charge is 0.366 e. The summed E-state index contributed by atoms with van der Waals surface area (Å²) in [5.74, 6) is 0.609. The zero-order valence-corrected chi connectivity index (χ0v) is 12.5. The molecule has 116 valence electrons. The number of amides is 1. The highest BCUT2D eigenvalue weighted by Gasteiger charge is 2.18. The minimum atomic E-state index is -0.487. The number of carbonyl (C=O) groups is 1. The number of para-hydroxylation sites is 1. The van der Waals surface area contributed by atoms with Gasteiger partial charge < -0.3 is 10.3 Å². The standard InChI is InChI=1S/C16H16N6O/c17-16(23)11-5-1-2-6-13(11)22-10-12(19-20-22)14-9-18-15-7-3-4-8-21(14)15/h1-2,5-6,9-10H,3-4,7-8H2,(H2,17,23). The first kappa shape index (κ1) is 13.7. The first-order valence-corrected chi connectivity index (χ1v) is 7.60. The lowest BCUT2D eigenvalue weighted by Gasteiger charge is -2.15. The SMILES string of the molecule is NC(=O)c1ccccc1-n1cc(-c2cnc3n2CCCC3)nn1. The molecule has 1 aliphatic heterocycles. The van der Waals surface area contributed by atoms with Crippen molar-refractivity contribution < 1.29 is 4.79 Å². The number of nitrogens with zero attached hydrogens (tertiary/aromatic N) is 5. The predicted octanol–water partition coefficient (Wildman–Crippen LogP) is 1.57. The van der Waals surface area contributed by atoms with Crippen molar-refractivity contribution in [3.63, 3.8) is 0 Å². The van der Waals surface area contributed by atoms with E-state index in [-0.39, 0.29) is 0 Å². The van der Waals surface area contributed by atoms with E-state index in [4.69, 9.17) is 5.73 Å². The van der Waals surface area contributed by atoms with Crippen molar-refractivity contribution in [1.29, 1.82) is 0 Å². The molecular formula is C16H16N6O. The van der Waals surface area contributed by atoms with Crippen molar-refractivity contribution in [2.45, 2.75) is 25.8 Å². The maximum absolute atomic E-state index is 11.6. The molecule has 0 bridgehead atoms. The number of primary amides is 1. The number of aryl methyl sites for hydroxylation is 1. The summed E-state index contributed by atoms with van der Waals surface area (Å²) in [7, 11) is 0. The summed E-state index contributed by atoms with van der Waals surface area (Å²) >= 11 is 0. The van der Waals surface area contributed by atoms with Gasteiger partial charge in [0.05, 0.1) is 29.3 Å². The maximum Gasteiger partial charge on any atom is 0.250 e. The lowest BCUT2D eigenvalue weighted by Crippen LogP contribution is -2.14. The Morgan fingerprint density at radius 1 is 1.22 bits per heavy atom. The lowest BCUT2D eigenvalue weighted by molar-refractivity contribution is 0.1000. The third-order valence-corrected chi connectivity index (χ3v) is 4.14. The van der Waals surface area contributed by atoms with Gasteiger partial charge in [0, 0.05) is 13.0 Å². The Bertz CT molecular complexity index is 878. The van der Waals surface area contributed by atoms with Crippen LogP contribution in [0.1, 0.15) is 29.0 Å². The number of hydrogen-bond donors (Lipinski definition) is 1. The molecule has 2 aromatic heterocycles. The summed E-state index contributed by atoms with van der Waals surface area (Å²) in [6.07, 6.45) is 6.97. The lowest BCUT2D eigenvalue weighted by atomic mass is 10.1. The summed E-state index contributed by atoms with van der Waals surface area (Å²) in [6, 6.07) is 7.09. The number of imidazole rings is 1. The van der Waals surface area contributed by atoms with Gasteiger partial charge in [-0.3, -0.25) is 4.79 Å². The van der Waals surface area contributed by atoms with Crippen molar-refractivity contribution in [3.8, 4) is 17.1 Å². The van der Waals surface area contributed by atoms with E-state index in [0.717, 1.165) is 36.6 Å². The summed E-state index contributed by atoms with van der Waals surface area (Å²) in [5, 5.41) is 8.40. The van der Waals surface area contributed by atoms with E-state index in [0.29, 0.717) is 11.3 Å². The van der Waals surface area contributed by atoms with Crippen molar-refractivity contribution in [1.82, 2.24) is 24.5 Å². The van der Waals surface area contributed by atoms with Crippen LogP contribution in [0.3, 0.4) is 0 Å². The van der Waals surface area contributed by atoms with Crippen LogP contribution in [0.15, 0.2) is 36.7 Å². The van der Waals surface area contributed by atoms with Crippen LogP contribution in [0.25, 0.3) is 17.1 Å². The maximum atomic E-state index is 11.6. The van der Waals surface area contributed by atoms with E-state index < -0.39 is 5.91 Å². The van der Waals surface area contributed by atoms with E-state index in [1.54, 1.807) is 29.1 Å². The van der Waals surface area contributed by atoms with Gasteiger partial charge in [-0.2, -0.15) is 0 Å². The molecule has 3 aromatic rings. The van der Waals surface area contributed by atoms with E-state index >= 15 is 0 Å². The molecule has 0 aliphatic carbocycles. The Labute approximate surface area is 132 Å². The van der Waals surface area contributed by atoms with Gasteiger partial charge in [0.2, 0.25) is 0 Å².